The van der Waals surface area contributed by atoms with Gasteiger partial charge in [0.25, 0.3) is 11.8 Å². The molecule has 0 bridgehead atoms. The number of carbonyl (C=O) groups excluding carboxylic acids is 3. The van der Waals surface area contributed by atoms with Crippen molar-refractivity contribution in [2.75, 3.05) is 64.6 Å². The largest absolute Gasteiger partial charge is 0.497 e. The van der Waals surface area contributed by atoms with E-state index in [4.69, 9.17) is 9.47 Å². The summed E-state index contributed by atoms with van der Waals surface area (Å²) in [6, 6.07) is 13.6. The molecule has 0 aliphatic carbocycles. The highest BCUT2D eigenvalue weighted by atomic mass is 32.2. The van der Waals surface area contributed by atoms with Gasteiger partial charge in [0.1, 0.15) is 17.3 Å². The number of nitrogens with one attached hydrogen (secondary N) is 3. The molecule has 13 nitrogen and oxygen atoms in total. The fraction of sp³-hybridized carbons (Fsp3) is 0.314. The molecule has 53 heavy (non-hydrogen) atoms. The summed E-state index contributed by atoms with van der Waals surface area (Å²) in [7, 11) is -2.37. The van der Waals surface area contributed by atoms with Gasteiger partial charge in [-0.25, -0.2) is 17.5 Å². The van der Waals surface area contributed by atoms with Crippen molar-refractivity contribution in [3.8, 4) is 22.6 Å². The molecule has 1 aliphatic heterocycles. The van der Waals surface area contributed by atoms with Crippen LogP contribution in [-0.2, 0) is 25.5 Å². The molecule has 3 amide bonds. The van der Waals surface area contributed by atoms with Crippen molar-refractivity contribution in [2.45, 2.75) is 17.5 Å². The molecule has 0 unspecified atom stereocenters. The van der Waals surface area contributed by atoms with Crippen molar-refractivity contribution >= 4 is 33.2 Å². The maximum absolute atomic E-state index is 15.4. The van der Waals surface area contributed by atoms with Crippen LogP contribution in [0.5, 0.6) is 5.75 Å². The average molecular weight is 761 g/mol. The Morgan fingerprint density at radius 2 is 1.68 bits per heavy atom. The predicted molar refractivity (Wildman–Crippen MR) is 185 cm³/mol. The molecule has 3 N–H and O–H groups in total. The van der Waals surface area contributed by atoms with Crippen molar-refractivity contribution in [1.82, 2.24) is 25.3 Å². The highest BCUT2D eigenvalue weighted by molar-refractivity contribution is 7.90. The maximum Gasteiger partial charge on any atom is 0.435 e. The minimum atomic E-state index is -5.01. The molecule has 4 aromatic rings. The van der Waals surface area contributed by atoms with Gasteiger partial charge in [-0.15, -0.1) is 0 Å². The van der Waals surface area contributed by atoms with E-state index in [0.29, 0.717) is 37.1 Å². The van der Waals surface area contributed by atoms with E-state index in [1.54, 1.807) is 6.07 Å². The van der Waals surface area contributed by atoms with Crippen LogP contribution >= 0.6 is 0 Å². The third kappa shape index (κ3) is 9.76. The number of anilines is 1. The normalized spacial score (nSPS) is 13.7. The lowest BCUT2D eigenvalue weighted by molar-refractivity contribution is -0.141. The van der Waals surface area contributed by atoms with Crippen LogP contribution < -0.4 is 20.7 Å². The summed E-state index contributed by atoms with van der Waals surface area (Å²) in [5.74, 6) is -3.17. The van der Waals surface area contributed by atoms with Gasteiger partial charge in [-0.1, -0.05) is 24.3 Å². The first kappa shape index (κ1) is 38.9. The Balaban J connectivity index is 1.37. The van der Waals surface area contributed by atoms with Gasteiger partial charge >= 0.3 is 6.18 Å². The fourth-order valence-corrected chi connectivity index (χ4v) is 6.44. The van der Waals surface area contributed by atoms with Gasteiger partial charge in [0.05, 0.1) is 42.2 Å². The molecule has 1 aromatic heterocycles. The number of sulfone groups is 1. The van der Waals surface area contributed by atoms with Gasteiger partial charge < -0.3 is 25.4 Å². The maximum atomic E-state index is 15.4. The van der Waals surface area contributed by atoms with Gasteiger partial charge in [0.2, 0.25) is 5.91 Å². The van der Waals surface area contributed by atoms with Crippen molar-refractivity contribution < 1.29 is 49.8 Å². The molecule has 3 aromatic carbocycles. The van der Waals surface area contributed by atoms with Crippen LogP contribution in [0.1, 0.15) is 33.0 Å². The Morgan fingerprint density at radius 1 is 0.943 bits per heavy atom. The van der Waals surface area contributed by atoms with Crippen LogP contribution in [0.3, 0.4) is 0 Å². The van der Waals surface area contributed by atoms with E-state index in [0.717, 1.165) is 31.5 Å². The highest BCUT2D eigenvalue weighted by Crippen LogP contribution is 2.33. The van der Waals surface area contributed by atoms with Crippen molar-refractivity contribution in [1.29, 1.82) is 0 Å². The zero-order valence-electron chi connectivity index (χ0n) is 28.6. The zero-order chi connectivity index (χ0) is 38.3. The molecule has 0 radical (unpaired) electrons. The van der Waals surface area contributed by atoms with E-state index >= 15 is 4.39 Å². The number of nitrogens with zero attached hydrogens (tertiary/aromatic N) is 3. The van der Waals surface area contributed by atoms with Crippen molar-refractivity contribution in [3.63, 3.8) is 0 Å². The monoisotopic (exact) mass is 760 g/mol. The number of ether oxygens (including phenoxy) is 2. The number of aromatic nitrogens is 2. The first-order chi connectivity index (χ1) is 25.2. The van der Waals surface area contributed by atoms with Crippen LogP contribution in [0.25, 0.3) is 16.8 Å². The highest BCUT2D eigenvalue weighted by Gasteiger charge is 2.37. The Kier molecular flexibility index (Phi) is 12.2. The summed E-state index contributed by atoms with van der Waals surface area (Å²) in [4.78, 5) is 41.4. The van der Waals surface area contributed by atoms with E-state index < -0.39 is 50.7 Å². The topological polar surface area (TPSA) is 161 Å². The van der Waals surface area contributed by atoms with Crippen LogP contribution in [0, 0.1) is 5.82 Å². The molecule has 1 aliphatic rings. The van der Waals surface area contributed by atoms with Crippen LogP contribution in [0.2, 0.25) is 0 Å². The third-order valence-electron chi connectivity index (χ3n) is 8.22. The summed E-state index contributed by atoms with van der Waals surface area (Å²) < 4.78 is 92.8. The summed E-state index contributed by atoms with van der Waals surface area (Å²) in [5.41, 5.74) is -2.68. The lowest BCUT2D eigenvalue weighted by Gasteiger charge is -2.26. The summed E-state index contributed by atoms with van der Waals surface area (Å²) in [5, 5.41) is 11.2. The summed E-state index contributed by atoms with van der Waals surface area (Å²) in [6.45, 7) is 3.65. The molecule has 18 heteroatoms. The number of benzene rings is 3. The van der Waals surface area contributed by atoms with E-state index in [1.165, 1.54) is 49.6 Å². The fourth-order valence-electron chi connectivity index (χ4n) is 5.52. The van der Waals surface area contributed by atoms with Crippen LogP contribution in [-0.4, -0.2) is 100 Å². The predicted octanol–water partition coefficient (Wildman–Crippen LogP) is 3.93. The molecule has 5 rings (SSSR count). The summed E-state index contributed by atoms with van der Waals surface area (Å²) >= 11 is 0. The Morgan fingerprint density at radius 3 is 2.36 bits per heavy atom. The number of morpholine rings is 1. The number of rotatable bonds is 13. The molecular formula is C35H36F4N6O7S. The van der Waals surface area contributed by atoms with Gasteiger partial charge in [-0.3, -0.25) is 19.3 Å². The van der Waals surface area contributed by atoms with Gasteiger partial charge in [0.15, 0.2) is 15.5 Å². The molecule has 0 saturated carbocycles. The number of carbonyl (C=O) groups is 3. The van der Waals surface area contributed by atoms with Crippen LogP contribution in [0.4, 0.5) is 23.2 Å². The van der Waals surface area contributed by atoms with E-state index in [2.05, 4.69) is 25.9 Å². The number of alkyl halides is 3. The number of halogens is 4. The average Bonchev–Trinajstić information content (AvgIpc) is 3.59. The second kappa shape index (κ2) is 16.6. The second-order valence-corrected chi connectivity index (χ2v) is 13.9. The third-order valence-corrected chi connectivity index (χ3v) is 9.37. The molecule has 0 atom stereocenters. The first-order valence-corrected chi connectivity index (χ1v) is 18.2. The first-order valence-electron chi connectivity index (χ1n) is 16.3. The lowest BCUT2D eigenvalue weighted by atomic mass is 10.0. The standard InChI is InChI=1S/C35H36F4N6O7S/c1-51-23-8-10-28(25(20-23)33(47)41-12-11-32(46)40-13-14-44-15-17-52-18-16-44)45-29(21-31(43-45)35(37,38)39)34(48)42-27-9-7-22(19-26(27)36)24-5-3-4-6-30(24)53(2,49)50/h3-10,19-21H,11-18H2,1-2H3,(H,40,46)(H,41,47)(H,42,48). The number of hydrogen-bond acceptors (Lipinski definition) is 9. The Labute approximate surface area is 302 Å². The van der Waals surface area contributed by atoms with Gasteiger partial charge in [-0.2, -0.15) is 18.3 Å². The number of amides is 3. The second-order valence-electron chi connectivity index (χ2n) is 11.9. The quantitative estimate of drug-likeness (QED) is 0.172. The number of hydrogen-bond donors (Lipinski definition) is 3. The molecule has 282 valence electrons. The van der Waals surface area contributed by atoms with Gasteiger partial charge in [-0.05, 0) is 42.0 Å². The van der Waals surface area contributed by atoms with E-state index in [9.17, 15) is 36.0 Å². The molecular weight excluding hydrogens is 724 g/mol. The lowest BCUT2D eigenvalue weighted by Crippen LogP contribution is -2.41. The smallest absolute Gasteiger partial charge is 0.435 e. The minimum Gasteiger partial charge on any atom is -0.497 e. The SMILES string of the molecule is COc1ccc(-n2nc(C(F)(F)F)cc2C(=O)Nc2ccc(-c3ccccc3S(C)(=O)=O)cc2F)c(C(=O)NCCC(=O)NCCN2CCOCC2)c1. The molecule has 2 heterocycles. The van der Waals surface area contributed by atoms with Crippen LogP contribution in [0.15, 0.2) is 71.6 Å². The minimum absolute atomic E-state index is 0.0538. The van der Waals surface area contributed by atoms with E-state index in [-0.39, 0.29) is 51.9 Å². The summed E-state index contributed by atoms with van der Waals surface area (Å²) in [6.07, 6.45) is -4.10. The van der Waals surface area contributed by atoms with E-state index in [1.807, 2.05) is 0 Å². The number of methoxy groups -OCH3 is 1. The molecule has 1 fully saturated rings. The zero-order valence-corrected chi connectivity index (χ0v) is 29.4. The van der Waals surface area contributed by atoms with Crippen molar-refractivity contribution in [3.05, 3.63) is 89.5 Å². The van der Waals surface area contributed by atoms with Crippen molar-refractivity contribution in [2.24, 2.45) is 0 Å². The Bertz CT molecular complexity index is 2100. The molecule has 1 saturated heterocycles. The Hall–Kier alpha value is -5.33. The van der Waals surface area contributed by atoms with Gasteiger partial charge in [0, 0.05) is 57.0 Å². The molecule has 0 spiro atoms.